The number of aromatic nitrogens is 3. The van der Waals surface area contributed by atoms with Gasteiger partial charge in [0.1, 0.15) is 5.82 Å². The lowest BCUT2D eigenvalue weighted by molar-refractivity contribution is 0.578. The average Bonchev–Trinajstić information content (AvgIpc) is 2.97. The Hall–Kier alpha value is -2.58. The second-order valence-electron chi connectivity index (χ2n) is 5.62. The molecule has 1 aromatic carbocycles. The van der Waals surface area contributed by atoms with Crippen LogP contribution in [0.2, 0.25) is 0 Å². The van der Waals surface area contributed by atoms with E-state index in [9.17, 15) is 12.8 Å². The SMILES string of the molecule is Cc1cc(S(=O)(=O)NCc2cc(-c3ccncc3)n(C)n2)ccc1F. The molecule has 6 nitrogen and oxygen atoms in total. The highest BCUT2D eigenvalue weighted by Crippen LogP contribution is 2.19. The summed E-state index contributed by atoms with van der Waals surface area (Å²) in [6.07, 6.45) is 3.36. The van der Waals surface area contributed by atoms with Gasteiger partial charge in [-0.2, -0.15) is 5.10 Å². The molecule has 2 heterocycles. The van der Waals surface area contributed by atoms with E-state index in [2.05, 4.69) is 14.8 Å². The summed E-state index contributed by atoms with van der Waals surface area (Å²) in [5.41, 5.74) is 2.65. The molecule has 0 radical (unpaired) electrons. The second kappa shape index (κ2) is 6.73. The Kier molecular flexibility index (Phi) is 4.65. The molecule has 0 saturated heterocycles. The molecule has 2 aromatic heterocycles. The number of rotatable bonds is 5. The molecule has 1 N–H and O–H groups in total. The smallest absolute Gasteiger partial charge is 0.240 e. The van der Waals surface area contributed by atoms with Crippen LogP contribution >= 0.6 is 0 Å². The van der Waals surface area contributed by atoms with E-state index >= 15 is 0 Å². The minimum Gasteiger partial charge on any atom is -0.268 e. The molecule has 130 valence electrons. The maximum absolute atomic E-state index is 13.3. The van der Waals surface area contributed by atoms with Gasteiger partial charge in [-0.15, -0.1) is 0 Å². The van der Waals surface area contributed by atoms with Gasteiger partial charge in [0.15, 0.2) is 0 Å². The summed E-state index contributed by atoms with van der Waals surface area (Å²) in [4.78, 5) is 4.00. The lowest BCUT2D eigenvalue weighted by Crippen LogP contribution is -2.23. The fraction of sp³-hybridized carbons (Fsp3) is 0.176. The van der Waals surface area contributed by atoms with Crippen molar-refractivity contribution in [2.45, 2.75) is 18.4 Å². The van der Waals surface area contributed by atoms with Gasteiger partial charge in [-0.25, -0.2) is 17.5 Å². The number of aryl methyl sites for hydroxylation is 2. The summed E-state index contributed by atoms with van der Waals surface area (Å²) in [5, 5.41) is 4.32. The van der Waals surface area contributed by atoms with Crippen LogP contribution in [-0.4, -0.2) is 23.2 Å². The molecule has 3 rings (SSSR count). The fourth-order valence-electron chi connectivity index (χ4n) is 2.44. The van der Waals surface area contributed by atoms with Crippen molar-refractivity contribution in [3.05, 3.63) is 65.9 Å². The fourth-order valence-corrected chi connectivity index (χ4v) is 3.53. The minimum atomic E-state index is -3.74. The van der Waals surface area contributed by atoms with E-state index in [4.69, 9.17) is 0 Å². The van der Waals surface area contributed by atoms with Gasteiger partial charge in [-0.05, 0) is 48.9 Å². The normalized spacial score (nSPS) is 11.6. The molecule has 0 aliphatic heterocycles. The van der Waals surface area contributed by atoms with Crippen LogP contribution in [0.1, 0.15) is 11.3 Å². The van der Waals surface area contributed by atoms with Gasteiger partial charge in [0.25, 0.3) is 0 Å². The molecule has 0 amide bonds. The van der Waals surface area contributed by atoms with Crippen LogP contribution in [0.15, 0.2) is 53.7 Å². The molecule has 3 aromatic rings. The van der Waals surface area contributed by atoms with E-state index in [1.807, 2.05) is 18.2 Å². The molecule has 0 bridgehead atoms. The van der Waals surface area contributed by atoms with Crippen molar-refractivity contribution in [3.8, 4) is 11.3 Å². The minimum absolute atomic E-state index is 0.0247. The van der Waals surface area contributed by atoms with Crippen molar-refractivity contribution < 1.29 is 12.8 Å². The van der Waals surface area contributed by atoms with Gasteiger partial charge in [-0.1, -0.05) is 0 Å². The Labute approximate surface area is 145 Å². The van der Waals surface area contributed by atoms with E-state index < -0.39 is 15.8 Å². The van der Waals surface area contributed by atoms with Crippen molar-refractivity contribution in [2.75, 3.05) is 0 Å². The lowest BCUT2D eigenvalue weighted by atomic mass is 10.2. The topological polar surface area (TPSA) is 76.9 Å². The molecule has 0 spiro atoms. The highest BCUT2D eigenvalue weighted by Gasteiger charge is 2.16. The van der Waals surface area contributed by atoms with Crippen molar-refractivity contribution in [3.63, 3.8) is 0 Å². The molecule has 0 aliphatic carbocycles. The lowest BCUT2D eigenvalue weighted by Gasteiger charge is -2.06. The van der Waals surface area contributed by atoms with E-state index in [0.29, 0.717) is 5.69 Å². The second-order valence-corrected chi connectivity index (χ2v) is 7.38. The Morgan fingerprint density at radius 3 is 2.56 bits per heavy atom. The molecular formula is C17H17FN4O2S. The number of halogens is 1. The third kappa shape index (κ3) is 3.75. The molecule has 8 heteroatoms. The van der Waals surface area contributed by atoms with Crippen molar-refractivity contribution in [1.82, 2.24) is 19.5 Å². The van der Waals surface area contributed by atoms with Crippen LogP contribution in [0.4, 0.5) is 4.39 Å². The van der Waals surface area contributed by atoms with Crippen molar-refractivity contribution >= 4 is 10.0 Å². The molecule has 0 unspecified atom stereocenters. The van der Waals surface area contributed by atoms with Gasteiger partial charge in [0, 0.05) is 25.0 Å². The Bertz CT molecular complexity index is 1000. The molecule has 0 saturated carbocycles. The van der Waals surface area contributed by atoms with E-state index in [0.717, 1.165) is 17.3 Å². The van der Waals surface area contributed by atoms with E-state index in [1.54, 1.807) is 24.1 Å². The van der Waals surface area contributed by atoms with Gasteiger partial charge in [-0.3, -0.25) is 9.67 Å². The first kappa shape index (κ1) is 17.2. The first-order valence-electron chi connectivity index (χ1n) is 7.56. The third-order valence-electron chi connectivity index (χ3n) is 3.79. The Balaban J connectivity index is 1.78. The number of hydrogen-bond acceptors (Lipinski definition) is 4. The summed E-state index contributed by atoms with van der Waals surface area (Å²) >= 11 is 0. The highest BCUT2D eigenvalue weighted by molar-refractivity contribution is 7.89. The number of nitrogens with one attached hydrogen (secondary N) is 1. The first-order valence-corrected chi connectivity index (χ1v) is 9.04. The summed E-state index contributed by atoms with van der Waals surface area (Å²) in [6, 6.07) is 9.21. The van der Waals surface area contributed by atoms with Crippen molar-refractivity contribution in [2.24, 2.45) is 7.05 Å². The Morgan fingerprint density at radius 2 is 1.88 bits per heavy atom. The quantitative estimate of drug-likeness (QED) is 0.758. The van der Waals surface area contributed by atoms with Gasteiger partial charge in [0.05, 0.1) is 22.8 Å². The van der Waals surface area contributed by atoms with Crippen LogP contribution < -0.4 is 4.72 Å². The number of nitrogens with zero attached hydrogens (tertiary/aromatic N) is 3. The van der Waals surface area contributed by atoms with E-state index in [1.165, 1.54) is 19.1 Å². The first-order chi connectivity index (χ1) is 11.9. The predicted octanol–water partition coefficient (Wildman–Crippen LogP) is 2.41. The molecular weight excluding hydrogens is 343 g/mol. The largest absolute Gasteiger partial charge is 0.268 e. The van der Waals surface area contributed by atoms with Crippen LogP contribution in [0.5, 0.6) is 0 Å². The standard InChI is InChI=1S/C17H17FN4O2S/c1-12-9-15(3-4-16(12)18)25(23,24)20-11-14-10-17(22(2)21-14)13-5-7-19-8-6-13/h3-10,20H,11H2,1-2H3. The monoisotopic (exact) mass is 360 g/mol. The number of pyridine rings is 1. The number of benzene rings is 1. The van der Waals surface area contributed by atoms with Crippen LogP contribution in [-0.2, 0) is 23.6 Å². The van der Waals surface area contributed by atoms with Crippen LogP contribution in [0.3, 0.4) is 0 Å². The maximum Gasteiger partial charge on any atom is 0.240 e. The maximum atomic E-state index is 13.3. The summed E-state index contributed by atoms with van der Waals surface area (Å²) in [7, 11) is -1.95. The molecule has 0 aliphatic rings. The van der Waals surface area contributed by atoms with Crippen LogP contribution in [0, 0.1) is 12.7 Å². The summed E-state index contributed by atoms with van der Waals surface area (Å²) in [6.45, 7) is 1.56. The van der Waals surface area contributed by atoms with Crippen molar-refractivity contribution in [1.29, 1.82) is 0 Å². The molecule has 0 atom stereocenters. The molecule has 0 fully saturated rings. The van der Waals surface area contributed by atoms with Gasteiger partial charge < -0.3 is 0 Å². The zero-order valence-electron chi connectivity index (χ0n) is 13.8. The van der Waals surface area contributed by atoms with E-state index in [-0.39, 0.29) is 17.0 Å². The van der Waals surface area contributed by atoms with Gasteiger partial charge >= 0.3 is 0 Å². The van der Waals surface area contributed by atoms with Crippen LogP contribution in [0.25, 0.3) is 11.3 Å². The van der Waals surface area contributed by atoms with Gasteiger partial charge in [0.2, 0.25) is 10.0 Å². The number of sulfonamides is 1. The predicted molar refractivity (Wildman–Crippen MR) is 91.6 cm³/mol. The number of hydrogen-bond donors (Lipinski definition) is 1. The zero-order valence-corrected chi connectivity index (χ0v) is 14.6. The Morgan fingerprint density at radius 1 is 1.16 bits per heavy atom. The summed E-state index contributed by atoms with van der Waals surface area (Å²) < 4.78 is 42.2. The zero-order chi connectivity index (χ0) is 18.0. The summed E-state index contributed by atoms with van der Waals surface area (Å²) in [5.74, 6) is -0.439. The average molecular weight is 360 g/mol. The molecule has 25 heavy (non-hydrogen) atoms. The highest BCUT2D eigenvalue weighted by atomic mass is 32.2. The third-order valence-corrected chi connectivity index (χ3v) is 5.19.